The van der Waals surface area contributed by atoms with Crippen molar-refractivity contribution >= 4 is 33.8 Å². The summed E-state index contributed by atoms with van der Waals surface area (Å²) in [4.78, 5) is 50.6. The van der Waals surface area contributed by atoms with E-state index < -0.39 is 52.9 Å². The van der Waals surface area contributed by atoms with Gasteiger partial charge in [0.1, 0.15) is 17.6 Å². The van der Waals surface area contributed by atoms with E-state index >= 15 is 0 Å². The molecule has 0 radical (unpaired) electrons. The standard InChI is InChI=1S/C21H21BrF4N4O6/c1-3-35-20(34)36-11-5-4-6-29(10-11)18(32)27-14-8-15(13(23)7-12(14)22)30-17(31)9-16(21(24,25)26)28(2)19(30)33/h7-9,11H,3-6,10H2,1-2H3,(H,27,32). The number of benzene rings is 1. The molecule has 2 amide bonds. The number of likely N-dealkylation sites (tertiary alicyclic amines) is 1. The van der Waals surface area contributed by atoms with Crippen molar-refractivity contribution < 1.29 is 36.6 Å². The number of amides is 2. The van der Waals surface area contributed by atoms with Gasteiger partial charge in [-0.05, 0) is 47.8 Å². The molecule has 3 rings (SSSR count). The summed E-state index contributed by atoms with van der Waals surface area (Å²) in [5.41, 5.74) is -5.04. The molecule has 1 saturated heterocycles. The van der Waals surface area contributed by atoms with Crippen molar-refractivity contribution in [3.8, 4) is 5.69 Å². The number of hydrogen-bond donors (Lipinski definition) is 1. The maximum atomic E-state index is 14.7. The predicted molar refractivity (Wildman–Crippen MR) is 122 cm³/mol. The fourth-order valence-corrected chi connectivity index (χ4v) is 4.04. The number of rotatable bonds is 4. The van der Waals surface area contributed by atoms with E-state index in [-0.39, 0.29) is 38.5 Å². The molecule has 1 aromatic carbocycles. The SMILES string of the molecule is CCOC(=O)OC1CCCN(C(=O)Nc2cc(-n3c(=O)cc(C(F)(F)F)n(C)c3=O)c(F)cc2Br)C1. The number of piperidine rings is 1. The molecule has 1 fully saturated rings. The molecule has 1 aromatic heterocycles. The summed E-state index contributed by atoms with van der Waals surface area (Å²) in [6.07, 6.45) is -5.42. The number of aromatic nitrogens is 2. The van der Waals surface area contributed by atoms with Crippen LogP contribution in [0.25, 0.3) is 5.69 Å². The average Bonchev–Trinajstić information content (AvgIpc) is 2.78. The van der Waals surface area contributed by atoms with Gasteiger partial charge in [-0.25, -0.2) is 23.3 Å². The summed E-state index contributed by atoms with van der Waals surface area (Å²) < 4.78 is 64.4. The summed E-state index contributed by atoms with van der Waals surface area (Å²) in [7, 11) is 0.797. The second-order valence-electron chi connectivity index (χ2n) is 7.77. The third kappa shape index (κ3) is 5.88. The number of nitrogens with zero attached hydrogens (tertiary/aromatic N) is 3. The van der Waals surface area contributed by atoms with Crippen LogP contribution in [0, 0.1) is 5.82 Å². The molecule has 0 bridgehead atoms. The summed E-state index contributed by atoms with van der Waals surface area (Å²) >= 11 is 3.08. The molecule has 0 saturated carbocycles. The summed E-state index contributed by atoms with van der Waals surface area (Å²) in [5.74, 6) is -1.10. The van der Waals surface area contributed by atoms with Crippen LogP contribution >= 0.6 is 15.9 Å². The number of carbonyl (C=O) groups excluding carboxylic acids is 2. The molecule has 0 aliphatic carbocycles. The molecule has 15 heteroatoms. The van der Waals surface area contributed by atoms with Gasteiger partial charge in [0.05, 0.1) is 24.5 Å². The number of urea groups is 1. The Bertz CT molecular complexity index is 1290. The van der Waals surface area contributed by atoms with Gasteiger partial charge in [-0.2, -0.15) is 13.2 Å². The number of hydrogen-bond acceptors (Lipinski definition) is 6. The Kier molecular flexibility index (Phi) is 8.11. The van der Waals surface area contributed by atoms with E-state index in [4.69, 9.17) is 9.47 Å². The van der Waals surface area contributed by atoms with Crippen molar-refractivity contribution in [1.29, 1.82) is 0 Å². The van der Waals surface area contributed by atoms with E-state index in [1.165, 1.54) is 4.90 Å². The van der Waals surface area contributed by atoms with E-state index in [9.17, 15) is 36.7 Å². The van der Waals surface area contributed by atoms with Gasteiger partial charge in [0.25, 0.3) is 5.56 Å². The number of halogens is 5. The summed E-state index contributed by atoms with van der Waals surface area (Å²) in [6, 6.07) is 1.33. The van der Waals surface area contributed by atoms with Crippen molar-refractivity contribution in [3.63, 3.8) is 0 Å². The van der Waals surface area contributed by atoms with Crippen LogP contribution in [0.1, 0.15) is 25.5 Å². The van der Waals surface area contributed by atoms with Crippen molar-refractivity contribution in [1.82, 2.24) is 14.0 Å². The molecule has 0 spiro atoms. The minimum Gasteiger partial charge on any atom is -0.435 e. The number of anilines is 1. The van der Waals surface area contributed by atoms with Crippen molar-refractivity contribution in [2.75, 3.05) is 25.0 Å². The molecule has 1 aliphatic rings. The lowest BCUT2D eigenvalue weighted by Gasteiger charge is -2.32. The monoisotopic (exact) mass is 580 g/mol. The zero-order valence-electron chi connectivity index (χ0n) is 19.0. The van der Waals surface area contributed by atoms with Gasteiger partial charge in [-0.1, -0.05) is 0 Å². The third-order valence-electron chi connectivity index (χ3n) is 5.32. The molecule has 1 aliphatic heterocycles. The smallest absolute Gasteiger partial charge is 0.435 e. The molecule has 1 atom stereocenters. The normalized spacial score (nSPS) is 16.0. The lowest BCUT2D eigenvalue weighted by atomic mass is 10.1. The molecule has 2 heterocycles. The van der Waals surface area contributed by atoms with Crippen LogP contribution in [0.5, 0.6) is 0 Å². The van der Waals surface area contributed by atoms with Crippen LogP contribution in [0.2, 0.25) is 0 Å². The lowest BCUT2D eigenvalue weighted by molar-refractivity contribution is -0.144. The number of alkyl halides is 3. The molecule has 2 aromatic rings. The first kappa shape index (κ1) is 27.2. The second-order valence-corrected chi connectivity index (χ2v) is 8.62. The second kappa shape index (κ2) is 10.7. The molecule has 1 N–H and O–H groups in total. The molecule has 196 valence electrons. The highest BCUT2D eigenvalue weighted by molar-refractivity contribution is 9.10. The molecule has 36 heavy (non-hydrogen) atoms. The maximum Gasteiger partial charge on any atom is 0.508 e. The zero-order valence-corrected chi connectivity index (χ0v) is 20.6. The Morgan fingerprint density at radius 3 is 2.56 bits per heavy atom. The van der Waals surface area contributed by atoms with E-state index in [1.54, 1.807) is 6.92 Å². The van der Waals surface area contributed by atoms with Crippen LogP contribution in [0.4, 0.5) is 32.8 Å². The molecular weight excluding hydrogens is 560 g/mol. The van der Waals surface area contributed by atoms with Gasteiger partial charge in [0.2, 0.25) is 0 Å². The van der Waals surface area contributed by atoms with Gasteiger partial charge in [-0.3, -0.25) is 9.36 Å². The summed E-state index contributed by atoms with van der Waals surface area (Å²) in [5, 5.41) is 2.50. The first-order valence-electron chi connectivity index (χ1n) is 10.6. The van der Waals surface area contributed by atoms with Crippen LogP contribution in [0.3, 0.4) is 0 Å². The Morgan fingerprint density at radius 2 is 1.92 bits per heavy atom. The van der Waals surface area contributed by atoms with Crippen molar-refractivity contribution in [2.45, 2.75) is 32.0 Å². The van der Waals surface area contributed by atoms with Gasteiger partial charge in [0.15, 0.2) is 0 Å². The molecular formula is C21H21BrF4N4O6. The molecule has 10 nitrogen and oxygen atoms in total. The molecule has 1 unspecified atom stereocenters. The van der Waals surface area contributed by atoms with Crippen LogP contribution < -0.4 is 16.6 Å². The van der Waals surface area contributed by atoms with Crippen molar-refractivity contribution in [3.05, 3.63) is 55.0 Å². The van der Waals surface area contributed by atoms with E-state index in [0.29, 0.717) is 19.4 Å². The highest BCUT2D eigenvalue weighted by atomic mass is 79.9. The van der Waals surface area contributed by atoms with Crippen LogP contribution in [-0.2, 0) is 22.7 Å². The fourth-order valence-electron chi connectivity index (χ4n) is 3.63. The fraction of sp³-hybridized carbons (Fsp3) is 0.429. The minimum absolute atomic E-state index is 0.0465. The van der Waals surface area contributed by atoms with E-state index in [1.807, 2.05) is 0 Å². The lowest BCUT2D eigenvalue weighted by Crippen LogP contribution is -2.45. The van der Waals surface area contributed by atoms with Gasteiger partial charge in [-0.15, -0.1) is 0 Å². The van der Waals surface area contributed by atoms with Crippen LogP contribution in [-0.4, -0.2) is 52.0 Å². The van der Waals surface area contributed by atoms with E-state index in [2.05, 4.69) is 21.2 Å². The Morgan fingerprint density at radius 1 is 1.22 bits per heavy atom. The van der Waals surface area contributed by atoms with Gasteiger partial charge >= 0.3 is 24.1 Å². The third-order valence-corrected chi connectivity index (χ3v) is 5.98. The number of ether oxygens (including phenoxy) is 2. The number of carbonyl (C=O) groups is 2. The zero-order chi connectivity index (χ0) is 26.8. The van der Waals surface area contributed by atoms with Crippen LogP contribution in [0.15, 0.2) is 32.3 Å². The number of nitrogens with one attached hydrogen (secondary N) is 1. The Balaban J connectivity index is 1.90. The highest BCUT2D eigenvalue weighted by Crippen LogP contribution is 2.29. The largest absolute Gasteiger partial charge is 0.508 e. The van der Waals surface area contributed by atoms with Gasteiger partial charge < -0.3 is 19.7 Å². The first-order chi connectivity index (χ1) is 16.8. The van der Waals surface area contributed by atoms with Crippen molar-refractivity contribution in [2.24, 2.45) is 7.05 Å². The minimum atomic E-state index is -4.98. The highest BCUT2D eigenvalue weighted by Gasteiger charge is 2.35. The quantitative estimate of drug-likeness (QED) is 0.436. The van der Waals surface area contributed by atoms with Gasteiger partial charge in [0, 0.05) is 24.1 Å². The average molecular weight is 581 g/mol. The Labute approximate surface area is 209 Å². The topological polar surface area (TPSA) is 112 Å². The Hall–Kier alpha value is -3.36. The maximum absolute atomic E-state index is 14.7. The predicted octanol–water partition coefficient (Wildman–Crippen LogP) is 3.63. The summed E-state index contributed by atoms with van der Waals surface area (Å²) in [6.45, 7) is 2.11. The van der Waals surface area contributed by atoms with E-state index in [0.717, 1.165) is 19.2 Å². The first-order valence-corrected chi connectivity index (χ1v) is 11.4.